The maximum atomic E-state index is 13.3. The van der Waals surface area contributed by atoms with E-state index in [1.165, 1.54) is 18.2 Å². The van der Waals surface area contributed by atoms with E-state index < -0.39 is 11.6 Å². The van der Waals surface area contributed by atoms with Gasteiger partial charge in [0.05, 0.1) is 5.56 Å². The Hall–Kier alpha value is -4.19. The third kappa shape index (κ3) is 3.69. The first-order valence-electron chi connectivity index (χ1n) is 10.5. The lowest BCUT2D eigenvalue weighted by molar-refractivity contribution is 0.0473. The molecule has 0 unspecified atom stereocenters. The van der Waals surface area contributed by atoms with Gasteiger partial charge in [0, 0.05) is 34.1 Å². The molecule has 6 heteroatoms. The molecule has 0 saturated carbocycles. The third-order valence-corrected chi connectivity index (χ3v) is 5.81. The molecule has 5 nitrogen and oxygen atoms in total. The summed E-state index contributed by atoms with van der Waals surface area (Å²) < 4.78 is 26.2. The fourth-order valence-corrected chi connectivity index (χ4v) is 4.31. The summed E-state index contributed by atoms with van der Waals surface area (Å²) in [5.41, 5.74) is 3.20. The molecule has 0 aliphatic heterocycles. The van der Waals surface area contributed by atoms with Crippen LogP contribution in [-0.4, -0.2) is 10.5 Å². The van der Waals surface area contributed by atoms with Crippen molar-refractivity contribution in [3.05, 3.63) is 112 Å². The second-order valence-corrected chi connectivity index (χ2v) is 7.92. The van der Waals surface area contributed by atoms with Gasteiger partial charge in [-0.15, -0.1) is 0 Å². The maximum absolute atomic E-state index is 13.3. The van der Waals surface area contributed by atoms with E-state index in [0.717, 1.165) is 27.5 Å². The van der Waals surface area contributed by atoms with Gasteiger partial charge in [0.25, 0.3) is 0 Å². The minimum atomic E-state index is -0.502. The van der Waals surface area contributed by atoms with Gasteiger partial charge < -0.3 is 13.7 Å². The topological polar surface area (TPSA) is 61.4 Å². The van der Waals surface area contributed by atoms with E-state index in [4.69, 9.17) is 9.15 Å². The molecule has 5 rings (SSSR count). The van der Waals surface area contributed by atoms with Crippen LogP contribution in [0.1, 0.15) is 27.3 Å². The van der Waals surface area contributed by atoms with Gasteiger partial charge in [0.15, 0.2) is 0 Å². The van der Waals surface area contributed by atoms with Crippen LogP contribution in [0.5, 0.6) is 0 Å². The van der Waals surface area contributed by atoms with Crippen LogP contribution in [0.4, 0.5) is 4.39 Å². The number of ether oxygens (including phenoxy) is 1. The maximum Gasteiger partial charge on any atom is 0.340 e. The monoisotopic (exact) mass is 441 g/mol. The van der Waals surface area contributed by atoms with Crippen molar-refractivity contribution in [2.24, 2.45) is 0 Å². The van der Waals surface area contributed by atoms with Crippen molar-refractivity contribution >= 4 is 27.7 Å². The van der Waals surface area contributed by atoms with Gasteiger partial charge in [0.2, 0.25) is 0 Å². The Bertz CT molecular complexity index is 1580. The lowest BCUT2D eigenvalue weighted by Gasteiger charge is -2.11. The largest absolute Gasteiger partial charge is 0.457 e. The van der Waals surface area contributed by atoms with Gasteiger partial charge in [-0.3, -0.25) is 0 Å². The zero-order chi connectivity index (χ0) is 23.1. The number of aromatic nitrogens is 1. The van der Waals surface area contributed by atoms with Crippen LogP contribution in [0.15, 0.2) is 82.0 Å². The molecule has 5 aromatic rings. The van der Waals surface area contributed by atoms with Crippen molar-refractivity contribution in [2.75, 3.05) is 0 Å². The Morgan fingerprint density at radius 2 is 1.76 bits per heavy atom. The van der Waals surface area contributed by atoms with E-state index in [2.05, 4.69) is 0 Å². The van der Waals surface area contributed by atoms with Crippen LogP contribution in [0, 0.1) is 19.7 Å². The summed E-state index contributed by atoms with van der Waals surface area (Å²) >= 11 is 0. The van der Waals surface area contributed by atoms with Crippen LogP contribution in [0.2, 0.25) is 0 Å². The van der Waals surface area contributed by atoms with Crippen molar-refractivity contribution in [2.45, 2.75) is 20.5 Å². The molecule has 0 bridgehead atoms. The highest BCUT2D eigenvalue weighted by Gasteiger charge is 2.19. The summed E-state index contributed by atoms with van der Waals surface area (Å²) in [4.78, 5) is 25.1. The average Bonchev–Trinajstić information content (AvgIpc) is 3.11. The Morgan fingerprint density at radius 3 is 2.55 bits per heavy atom. The lowest BCUT2D eigenvalue weighted by atomic mass is 10.0. The highest BCUT2D eigenvalue weighted by atomic mass is 19.1. The predicted molar refractivity (Wildman–Crippen MR) is 124 cm³/mol. The minimum absolute atomic E-state index is 0.0742. The van der Waals surface area contributed by atoms with Crippen molar-refractivity contribution in [3.63, 3.8) is 0 Å². The van der Waals surface area contributed by atoms with Gasteiger partial charge in [-0.25, -0.2) is 14.0 Å². The van der Waals surface area contributed by atoms with Gasteiger partial charge in [-0.2, -0.15) is 0 Å². The first kappa shape index (κ1) is 20.7. The number of hydrogen-bond donors (Lipinski definition) is 0. The number of hydrogen-bond acceptors (Lipinski definition) is 4. The number of benzene rings is 3. The van der Waals surface area contributed by atoms with Gasteiger partial charge >= 0.3 is 11.6 Å². The first-order chi connectivity index (χ1) is 15.9. The van der Waals surface area contributed by atoms with Crippen LogP contribution in [-0.2, 0) is 11.3 Å². The van der Waals surface area contributed by atoms with Crippen molar-refractivity contribution in [1.29, 1.82) is 0 Å². The lowest BCUT2D eigenvalue weighted by Crippen LogP contribution is -2.09. The molecule has 0 aliphatic carbocycles. The van der Waals surface area contributed by atoms with Gasteiger partial charge in [-0.05, 0) is 61.0 Å². The van der Waals surface area contributed by atoms with Crippen molar-refractivity contribution < 1.29 is 18.3 Å². The molecular formula is C27H20FNO4. The summed E-state index contributed by atoms with van der Waals surface area (Å²) in [6.07, 6.45) is 0. The molecule has 33 heavy (non-hydrogen) atoms. The summed E-state index contributed by atoms with van der Waals surface area (Å²) in [7, 11) is 0. The van der Waals surface area contributed by atoms with Crippen LogP contribution < -0.4 is 5.63 Å². The molecule has 0 spiro atoms. The Balaban J connectivity index is 1.49. The van der Waals surface area contributed by atoms with E-state index in [9.17, 15) is 14.0 Å². The number of esters is 1. The molecule has 0 atom stereocenters. The average molecular weight is 441 g/mol. The molecule has 0 N–H and O–H groups in total. The fourth-order valence-electron chi connectivity index (χ4n) is 4.31. The third-order valence-electron chi connectivity index (χ3n) is 5.81. The highest BCUT2D eigenvalue weighted by molar-refractivity contribution is 6.07. The zero-order valence-corrected chi connectivity index (χ0v) is 18.1. The van der Waals surface area contributed by atoms with E-state index in [0.29, 0.717) is 22.4 Å². The standard InChI is InChI=1S/C27H20FNO4/c1-16-13-23(17(2)29(16)21-10-8-20(28)9-11-21)27(31)32-15-19-14-25(30)33-24-12-7-18-5-3-4-6-22(18)26(19)24/h3-14H,15H2,1-2H3. The van der Waals surface area contributed by atoms with E-state index in [-0.39, 0.29) is 12.4 Å². The van der Waals surface area contributed by atoms with Gasteiger partial charge in [-0.1, -0.05) is 30.3 Å². The normalized spacial score (nSPS) is 11.2. The molecule has 0 fully saturated rings. The number of halogens is 1. The number of aryl methyl sites for hydroxylation is 1. The fraction of sp³-hybridized carbons (Fsp3) is 0.111. The Morgan fingerprint density at radius 1 is 1.00 bits per heavy atom. The van der Waals surface area contributed by atoms with Crippen LogP contribution in [0.25, 0.3) is 27.4 Å². The van der Waals surface area contributed by atoms with Crippen LogP contribution in [0.3, 0.4) is 0 Å². The van der Waals surface area contributed by atoms with E-state index in [1.54, 1.807) is 24.3 Å². The Labute approximate surface area is 188 Å². The number of carbonyl (C=O) groups is 1. The first-order valence-corrected chi connectivity index (χ1v) is 10.5. The molecule has 2 aromatic heterocycles. The van der Waals surface area contributed by atoms with Crippen molar-refractivity contribution in [1.82, 2.24) is 4.57 Å². The summed E-state index contributed by atoms with van der Waals surface area (Å²) in [6, 6.07) is 20.6. The quantitative estimate of drug-likeness (QED) is 0.199. The molecule has 164 valence electrons. The molecule has 0 saturated heterocycles. The number of carbonyl (C=O) groups excluding carboxylic acids is 1. The summed E-state index contributed by atoms with van der Waals surface area (Å²) in [6.45, 7) is 3.61. The SMILES string of the molecule is Cc1cc(C(=O)OCc2cc(=O)oc3ccc4ccccc4c23)c(C)n1-c1ccc(F)cc1. The van der Waals surface area contributed by atoms with E-state index in [1.807, 2.05) is 48.7 Å². The van der Waals surface area contributed by atoms with Gasteiger partial charge in [0.1, 0.15) is 18.0 Å². The number of fused-ring (bicyclic) bond motifs is 3. The van der Waals surface area contributed by atoms with Crippen LogP contribution >= 0.6 is 0 Å². The molecule has 3 aromatic carbocycles. The molecule has 0 amide bonds. The molecule has 0 radical (unpaired) electrons. The second kappa shape index (κ2) is 8.06. The molecular weight excluding hydrogens is 421 g/mol. The Kier molecular flexibility index (Phi) is 5.05. The van der Waals surface area contributed by atoms with Crippen molar-refractivity contribution in [3.8, 4) is 5.69 Å². The molecule has 0 aliphatic rings. The zero-order valence-electron chi connectivity index (χ0n) is 18.1. The number of rotatable bonds is 4. The highest BCUT2D eigenvalue weighted by Crippen LogP contribution is 2.28. The number of nitrogens with zero attached hydrogens (tertiary/aromatic N) is 1. The minimum Gasteiger partial charge on any atom is -0.457 e. The molecule has 2 heterocycles. The second-order valence-electron chi connectivity index (χ2n) is 7.92. The predicted octanol–water partition coefficient (Wildman–Crippen LogP) is 5.85. The smallest absolute Gasteiger partial charge is 0.340 e. The summed E-state index contributed by atoms with van der Waals surface area (Å²) in [5, 5.41) is 2.66. The summed E-state index contributed by atoms with van der Waals surface area (Å²) in [5.74, 6) is -0.828. The van der Waals surface area contributed by atoms with E-state index >= 15 is 0 Å².